The molecule has 4 fully saturated rings. The zero-order valence-corrected chi connectivity index (χ0v) is 17.1. The molecule has 158 valence electrons. The van der Waals surface area contributed by atoms with Crippen molar-refractivity contribution in [2.45, 2.75) is 50.4 Å². The van der Waals surface area contributed by atoms with Gasteiger partial charge in [0, 0.05) is 18.2 Å². The SMILES string of the molecule is O=C(NCCc1ccc(O)cc1)c1cc(C23CC4CC(CC(C4)C2)C3)c(O)cc1O. The monoisotopic (exact) mass is 407 g/mol. The lowest BCUT2D eigenvalue weighted by Crippen LogP contribution is -2.48. The second-order valence-corrected chi connectivity index (χ2v) is 9.76. The smallest absolute Gasteiger partial charge is 0.255 e. The highest BCUT2D eigenvalue weighted by molar-refractivity contribution is 5.97. The fraction of sp³-hybridized carbons (Fsp3) is 0.480. The first-order valence-corrected chi connectivity index (χ1v) is 11.0. The first kappa shape index (κ1) is 19.3. The summed E-state index contributed by atoms with van der Waals surface area (Å²) in [5, 5.41) is 33.3. The van der Waals surface area contributed by atoms with Crippen LogP contribution in [0.3, 0.4) is 0 Å². The van der Waals surface area contributed by atoms with E-state index in [-0.39, 0.29) is 34.1 Å². The van der Waals surface area contributed by atoms with E-state index in [1.165, 1.54) is 25.3 Å². The van der Waals surface area contributed by atoms with Crippen molar-refractivity contribution in [1.82, 2.24) is 5.32 Å². The normalized spacial score (nSPS) is 29.1. The van der Waals surface area contributed by atoms with Gasteiger partial charge in [0.05, 0.1) is 5.56 Å². The molecule has 4 saturated carbocycles. The lowest BCUT2D eigenvalue weighted by atomic mass is 9.48. The molecule has 5 nitrogen and oxygen atoms in total. The third kappa shape index (κ3) is 3.40. The topological polar surface area (TPSA) is 89.8 Å². The zero-order valence-electron chi connectivity index (χ0n) is 17.1. The summed E-state index contributed by atoms with van der Waals surface area (Å²) < 4.78 is 0. The van der Waals surface area contributed by atoms with E-state index in [1.54, 1.807) is 18.2 Å². The second kappa shape index (κ2) is 7.22. The number of benzene rings is 2. The van der Waals surface area contributed by atoms with Crippen molar-refractivity contribution in [3.8, 4) is 17.2 Å². The number of nitrogens with one attached hydrogen (secondary N) is 1. The molecule has 30 heavy (non-hydrogen) atoms. The van der Waals surface area contributed by atoms with Crippen molar-refractivity contribution in [1.29, 1.82) is 0 Å². The first-order chi connectivity index (χ1) is 14.4. The van der Waals surface area contributed by atoms with Crippen LogP contribution in [0, 0.1) is 17.8 Å². The van der Waals surface area contributed by atoms with Crippen molar-refractivity contribution in [2.24, 2.45) is 17.8 Å². The largest absolute Gasteiger partial charge is 0.508 e. The van der Waals surface area contributed by atoms with Crippen molar-refractivity contribution in [2.75, 3.05) is 6.54 Å². The van der Waals surface area contributed by atoms with Gasteiger partial charge < -0.3 is 20.6 Å². The number of carbonyl (C=O) groups is 1. The van der Waals surface area contributed by atoms with E-state index in [0.29, 0.717) is 13.0 Å². The average molecular weight is 408 g/mol. The van der Waals surface area contributed by atoms with E-state index in [1.807, 2.05) is 12.1 Å². The number of hydrogen-bond acceptors (Lipinski definition) is 4. The van der Waals surface area contributed by atoms with Gasteiger partial charge in [-0.15, -0.1) is 0 Å². The average Bonchev–Trinajstić information content (AvgIpc) is 2.68. The van der Waals surface area contributed by atoms with Gasteiger partial charge in [0.2, 0.25) is 0 Å². The molecule has 4 aliphatic rings. The van der Waals surface area contributed by atoms with Gasteiger partial charge in [-0.1, -0.05) is 12.1 Å². The van der Waals surface area contributed by atoms with Crippen LogP contribution in [0.2, 0.25) is 0 Å². The molecule has 4 N–H and O–H groups in total. The van der Waals surface area contributed by atoms with Crippen LogP contribution >= 0.6 is 0 Å². The van der Waals surface area contributed by atoms with E-state index in [9.17, 15) is 20.1 Å². The fourth-order valence-corrected chi connectivity index (χ4v) is 6.70. The van der Waals surface area contributed by atoms with E-state index < -0.39 is 0 Å². The Morgan fingerprint density at radius 1 is 0.900 bits per heavy atom. The highest BCUT2D eigenvalue weighted by Gasteiger charge is 2.52. The number of aromatic hydroxyl groups is 3. The molecule has 4 bridgehead atoms. The first-order valence-electron chi connectivity index (χ1n) is 11.0. The van der Waals surface area contributed by atoms with Crippen molar-refractivity contribution >= 4 is 5.91 Å². The van der Waals surface area contributed by atoms with Crippen LogP contribution in [0.15, 0.2) is 36.4 Å². The molecule has 0 atom stereocenters. The summed E-state index contributed by atoms with van der Waals surface area (Å²) in [6.07, 6.45) is 7.80. The molecule has 0 aromatic heterocycles. The molecule has 0 unspecified atom stereocenters. The summed E-state index contributed by atoms with van der Waals surface area (Å²) >= 11 is 0. The molecule has 0 heterocycles. The van der Waals surface area contributed by atoms with Crippen LogP contribution in [0.25, 0.3) is 0 Å². The zero-order chi connectivity index (χ0) is 20.9. The lowest BCUT2D eigenvalue weighted by molar-refractivity contribution is -0.00617. The Balaban J connectivity index is 1.34. The van der Waals surface area contributed by atoms with Gasteiger partial charge in [-0.25, -0.2) is 0 Å². The molecule has 0 spiro atoms. The molecular formula is C25H29NO4. The predicted octanol–water partition coefficient (Wildman–Crippen LogP) is 4.24. The second-order valence-electron chi connectivity index (χ2n) is 9.76. The molecule has 4 aliphatic carbocycles. The van der Waals surface area contributed by atoms with Gasteiger partial charge >= 0.3 is 0 Å². The standard InChI is InChI=1S/C25H29NO4/c27-19-3-1-15(2-4-19)5-6-26-24(30)20-10-21(23(29)11-22(20)28)25-12-16-7-17(13-25)9-18(8-16)14-25/h1-4,10-11,16-18,27-29H,5-9,12-14H2,(H,26,30). The Kier molecular flexibility index (Phi) is 4.64. The third-order valence-electron chi connectivity index (χ3n) is 7.60. The van der Waals surface area contributed by atoms with Gasteiger partial charge in [-0.2, -0.15) is 0 Å². The van der Waals surface area contributed by atoms with Gasteiger partial charge in [-0.3, -0.25) is 4.79 Å². The summed E-state index contributed by atoms with van der Waals surface area (Å²) in [4.78, 5) is 12.8. The molecular weight excluding hydrogens is 378 g/mol. The third-order valence-corrected chi connectivity index (χ3v) is 7.60. The van der Waals surface area contributed by atoms with Crippen molar-refractivity contribution < 1.29 is 20.1 Å². The Bertz CT molecular complexity index is 931. The number of amides is 1. The number of phenols is 3. The maximum atomic E-state index is 12.8. The summed E-state index contributed by atoms with van der Waals surface area (Å²) in [7, 11) is 0. The molecule has 6 rings (SSSR count). The van der Waals surface area contributed by atoms with Crippen LogP contribution in [-0.2, 0) is 11.8 Å². The van der Waals surface area contributed by atoms with Crippen molar-refractivity contribution in [3.05, 3.63) is 53.1 Å². The van der Waals surface area contributed by atoms with Crippen LogP contribution in [0.5, 0.6) is 17.2 Å². The molecule has 5 heteroatoms. The summed E-state index contributed by atoms with van der Waals surface area (Å²) in [6.45, 7) is 0.427. The van der Waals surface area contributed by atoms with Crippen LogP contribution in [0.1, 0.15) is 60.0 Å². The van der Waals surface area contributed by atoms with Gasteiger partial charge in [0.1, 0.15) is 17.2 Å². The minimum atomic E-state index is -0.322. The van der Waals surface area contributed by atoms with Crippen LogP contribution < -0.4 is 5.32 Å². The maximum absolute atomic E-state index is 12.8. The molecule has 2 aromatic carbocycles. The quantitative estimate of drug-likeness (QED) is 0.597. The maximum Gasteiger partial charge on any atom is 0.255 e. The minimum Gasteiger partial charge on any atom is -0.508 e. The number of hydrogen-bond donors (Lipinski definition) is 4. The molecule has 0 saturated heterocycles. The number of rotatable bonds is 5. The van der Waals surface area contributed by atoms with E-state index in [4.69, 9.17) is 0 Å². The highest BCUT2D eigenvalue weighted by atomic mass is 16.3. The Morgan fingerprint density at radius 2 is 1.50 bits per heavy atom. The van der Waals surface area contributed by atoms with E-state index >= 15 is 0 Å². The Labute approximate surface area is 176 Å². The summed E-state index contributed by atoms with van der Waals surface area (Å²) in [5.41, 5.74) is 2.05. The van der Waals surface area contributed by atoms with Gasteiger partial charge in [0.25, 0.3) is 5.91 Å². The Hall–Kier alpha value is -2.69. The molecule has 0 radical (unpaired) electrons. The van der Waals surface area contributed by atoms with E-state index in [0.717, 1.165) is 48.1 Å². The fourth-order valence-electron chi connectivity index (χ4n) is 6.70. The van der Waals surface area contributed by atoms with Gasteiger partial charge in [-0.05, 0) is 91.9 Å². The highest BCUT2D eigenvalue weighted by Crippen LogP contribution is 2.62. The van der Waals surface area contributed by atoms with Crippen LogP contribution in [0.4, 0.5) is 0 Å². The predicted molar refractivity (Wildman–Crippen MR) is 114 cm³/mol. The number of carbonyl (C=O) groups excluding carboxylic acids is 1. The molecule has 0 aliphatic heterocycles. The van der Waals surface area contributed by atoms with Crippen LogP contribution in [-0.4, -0.2) is 27.8 Å². The van der Waals surface area contributed by atoms with E-state index in [2.05, 4.69) is 5.32 Å². The Morgan fingerprint density at radius 3 is 2.10 bits per heavy atom. The summed E-state index contributed by atoms with van der Waals surface area (Å²) in [6, 6.07) is 9.99. The number of phenolic OH excluding ortho intramolecular Hbond substituents is 3. The van der Waals surface area contributed by atoms with Crippen molar-refractivity contribution in [3.63, 3.8) is 0 Å². The molecule has 1 amide bonds. The molecule has 2 aromatic rings. The minimum absolute atomic E-state index is 0.0480. The lowest BCUT2D eigenvalue weighted by Gasteiger charge is -2.57. The summed E-state index contributed by atoms with van der Waals surface area (Å²) in [5.74, 6) is 2.02. The van der Waals surface area contributed by atoms with Gasteiger partial charge in [0.15, 0.2) is 0 Å².